The summed E-state index contributed by atoms with van der Waals surface area (Å²) in [5, 5.41) is 12.9. The Balaban J connectivity index is 1.36. The summed E-state index contributed by atoms with van der Waals surface area (Å²) >= 11 is 1.38. The van der Waals surface area contributed by atoms with Crippen molar-refractivity contribution in [2.45, 2.75) is 43.7 Å². The lowest BCUT2D eigenvalue weighted by Gasteiger charge is -2.35. The molecule has 2 aromatic rings. The van der Waals surface area contributed by atoms with Crippen LogP contribution in [0.25, 0.3) is 0 Å². The molecule has 1 spiro atoms. The number of aliphatic hydroxyl groups excluding tert-OH is 1. The molecule has 0 radical (unpaired) electrons. The van der Waals surface area contributed by atoms with Gasteiger partial charge in [-0.15, -0.1) is 0 Å². The minimum absolute atomic E-state index is 0.0577. The number of anilines is 4. The van der Waals surface area contributed by atoms with Gasteiger partial charge in [0.2, 0.25) is 0 Å². The number of morpholine rings is 1. The first-order valence-electron chi connectivity index (χ1n) is 12.7. The van der Waals surface area contributed by atoms with Crippen LogP contribution in [0, 0.1) is 5.41 Å². The number of piperidine rings is 1. The van der Waals surface area contributed by atoms with E-state index in [2.05, 4.69) is 29.8 Å². The van der Waals surface area contributed by atoms with Crippen molar-refractivity contribution in [2.24, 2.45) is 5.41 Å². The van der Waals surface area contributed by atoms with Gasteiger partial charge in [0.1, 0.15) is 10.7 Å². The Hall–Kier alpha value is -2.60. The summed E-state index contributed by atoms with van der Waals surface area (Å²) < 4.78 is 8.73. The van der Waals surface area contributed by atoms with Gasteiger partial charge in [0.25, 0.3) is 5.91 Å². The van der Waals surface area contributed by atoms with E-state index in [1.807, 2.05) is 13.0 Å². The van der Waals surface area contributed by atoms with E-state index in [1.165, 1.54) is 37.6 Å². The minimum Gasteiger partial charge on any atom is -0.396 e. The first kappa shape index (κ1) is 25.1. The number of nitrogens with two attached hydrogens (primary N) is 1. The molecule has 5 rings (SSSR count). The van der Waals surface area contributed by atoms with Crippen LogP contribution in [0.15, 0.2) is 29.4 Å². The molecule has 1 aliphatic carbocycles. The number of amides is 1. The van der Waals surface area contributed by atoms with Crippen molar-refractivity contribution in [2.75, 3.05) is 66.8 Å². The zero-order chi connectivity index (χ0) is 25.1. The maximum atomic E-state index is 13.3. The van der Waals surface area contributed by atoms with E-state index in [4.69, 9.17) is 15.6 Å². The maximum absolute atomic E-state index is 13.3. The van der Waals surface area contributed by atoms with E-state index in [0.717, 1.165) is 23.8 Å². The quantitative estimate of drug-likeness (QED) is 0.309. The van der Waals surface area contributed by atoms with E-state index >= 15 is 0 Å². The van der Waals surface area contributed by atoms with E-state index in [1.54, 1.807) is 18.3 Å². The monoisotopic (exact) mass is 513 g/mol. The van der Waals surface area contributed by atoms with Gasteiger partial charge in [0, 0.05) is 32.7 Å². The summed E-state index contributed by atoms with van der Waals surface area (Å²) in [4.78, 5) is 26.9. The van der Waals surface area contributed by atoms with Crippen molar-refractivity contribution < 1.29 is 14.6 Å². The predicted molar refractivity (Wildman–Crippen MR) is 143 cm³/mol. The molecule has 2 saturated heterocycles. The summed E-state index contributed by atoms with van der Waals surface area (Å²) in [6.07, 6.45) is 6.80. The van der Waals surface area contributed by atoms with Crippen LogP contribution in [0.1, 0.15) is 43.1 Å². The zero-order valence-corrected chi connectivity index (χ0v) is 21.5. The van der Waals surface area contributed by atoms with Crippen molar-refractivity contribution in [3.8, 4) is 0 Å². The molecule has 0 unspecified atom stereocenters. The standard InChI is InChI=1S/C25H35N7O3S/c1-17-16-32(11-13-35-17)23-18(26)2-3-19(29-23)24(34)30-20-15-27-22(36-28-8-12-33)14-21(20)31-9-6-25(4-5-25)7-10-31/h2-3,14-15,17,28,33H,4-13,16,26H2,1H3,(H,30,34)/t17-/m0/s1. The molecule has 0 bridgehead atoms. The summed E-state index contributed by atoms with van der Waals surface area (Å²) in [6.45, 7) is 6.42. The SMILES string of the molecule is C[C@H]1CN(c2nc(C(=O)Nc3cnc(SNCCO)cc3N3CCC4(CC3)CC4)ccc2N)CCO1. The van der Waals surface area contributed by atoms with Crippen LogP contribution in [-0.2, 0) is 4.74 Å². The fourth-order valence-corrected chi connectivity index (χ4v) is 5.56. The van der Waals surface area contributed by atoms with Gasteiger partial charge >= 0.3 is 0 Å². The second-order valence-corrected chi connectivity index (χ2v) is 10.8. The zero-order valence-electron chi connectivity index (χ0n) is 20.7. The highest BCUT2D eigenvalue weighted by Crippen LogP contribution is 2.54. The van der Waals surface area contributed by atoms with Gasteiger partial charge in [0.15, 0.2) is 5.82 Å². The summed E-state index contributed by atoms with van der Waals surface area (Å²) in [5.41, 5.74) is 9.24. The van der Waals surface area contributed by atoms with Crippen LogP contribution in [0.2, 0.25) is 0 Å². The third-order valence-corrected chi connectivity index (χ3v) is 8.08. The summed E-state index contributed by atoms with van der Waals surface area (Å²) in [6, 6.07) is 5.40. The molecule has 4 heterocycles. The van der Waals surface area contributed by atoms with E-state index < -0.39 is 0 Å². The lowest BCUT2D eigenvalue weighted by atomic mass is 9.93. The van der Waals surface area contributed by atoms with E-state index in [9.17, 15) is 4.79 Å². The average Bonchev–Trinajstić information content (AvgIpc) is 3.64. The Kier molecular flexibility index (Phi) is 7.52. The number of aliphatic hydroxyl groups is 1. The summed E-state index contributed by atoms with van der Waals surface area (Å²) in [7, 11) is 0. The minimum atomic E-state index is -0.296. The van der Waals surface area contributed by atoms with Crippen LogP contribution < -0.4 is 25.6 Å². The topological polar surface area (TPSA) is 129 Å². The van der Waals surface area contributed by atoms with Crippen LogP contribution in [-0.4, -0.2) is 73.0 Å². The number of hydrogen-bond acceptors (Lipinski definition) is 10. The average molecular weight is 514 g/mol. The fraction of sp³-hybridized carbons (Fsp3) is 0.560. The fourth-order valence-electron chi connectivity index (χ4n) is 4.95. The van der Waals surface area contributed by atoms with Crippen LogP contribution in [0.5, 0.6) is 0 Å². The lowest BCUT2D eigenvalue weighted by molar-refractivity contribution is 0.0530. The number of carbonyl (C=O) groups is 1. The molecule has 36 heavy (non-hydrogen) atoms. The van der Waals surface area contributed by atoms with E-state index in [-0.39, 0.29) is 18.6 Å². The second kappa shape index (κ2) is 10.8. The van der Waals surface area contributed by atoms with Crippen LogP contribution in [0.4, 0.5) is 22.9 Å². The molecule has 1 amide bonds. The molecular weight excluding hydrogens is 478 g/mol. The number of nitrogen functional groups attached to an aromatic ring is 1. The molecule has 194 valence electrons. The number of nitrogens with zero attached hydrogens (tertiary/aromatic N) is 4. The van der Waals surface area contributed by atoms with Gasteiger partial charge in [0.05, 0.1) is 42.6 Å². The Morgan fingerprint density at radius 3 is 2.78 bits per heavy atom. The molecule has 5 N–H and O–H groups in total. The van der Waals surface area contributed by atoms with Crippen molar-refractivity contribution >= 4 is 40.7 Å². The maximum Gasteiger partial charge on any atom is 0.274 e. The van der Waals surface area contributed by atoms with Gasteiger partial charge in [-0.1, -0.05) is 0 Å². The van der Waals surface area contributed by atoms with Crippen molar-refractivity contribution in [1.82, 2.24) is 14.7 Å². The molecule has 0 aromatic carbocycles. The highest BCUT2D eigenvalue weighted by Gasteiger charge is 2.44. The highest BCUT2D eigenvalue weighted by atomic mass is 32.2. The number of pyridine rings is 2. The number of aromatic nitrogens is 2. The molecule has 10 nitrogen and oxygen atoms in total. The number of carbonyl (C=O) groups excluding carboxylic acids is 1. The van der Waals surface area contributed by atoms with E-state index in [0.29, 0.717) is 54.5 Å². The number of nitrogens with one attached hydrogen (secondary N) is 2. The smallest absolute Gasteiger partial charge is 0.274 e. The van der Waals surface area contributed by atoms with Crippen molar-refractivity contribution in [3.63, 3.8) is 0 Å². The van der Waals surface area contributed by atoms with Crippen molar-refractivity contribution in [1.29, 1.82) is 0 Å². The molecule has 2 aromatic heterocycles. The number of rotatable bonds is 8. The Morgan fingerprint density at radius 2 is 2.06 bits per heavy atom. The molecular formula is C25H35N7O3S. The Labute approximate surface area is 216 Å². The van der Waals surface area contributed by atoms with Crippen LogP contribution >= 0.6 is 11.9 Å². The van der Waals surface area contributed by atoms with Gasteiger partial charge in [-0.2, -0.15) is 0 Å². The second-order valence-electron chi connectivity index (χ2n) is 9.94. The number of hydrogen-bond donors (Lipinski definition) is 4. The molecule has 2 aliphatic heterocycles. The first-order chi connectivity index (χ1) is 17.5. The molecule has 1 saturated carbocycles. The largest absolute Gasteiger partial charge is 0.396 e. The molecule has 3 aliphatic rings. The Bertz CT molecular complexity index is 1090. The first-order valence-corrected chi connectivity index (χ1v) is 13.5. The third-order valence-electron chi connectivity index (χ3n) is 7.30. The predicted octanol–water partition coefficient (Wildman–Crippen LogP) is 2.51. The van der Waals surface area contributed by atoms with Gasteiger partial charge in [-0.25, -0.2) is 9.97 Å². The van der Waals surface area contributed by atoms with Gasteiger partial charge in [-0.05, 0) is 68.2 Å². The molecule has 11 heteroatoms. The molecule has 1 atom stereocenters. The van der Waals surface area contributed by atoms with Crippen molar-refractivity contribution in [3.05, 3.63) is 30.1 Å². The molecule has 3 fully saturated rings. The van der Waals surface area contributed by atoms with Gasteiger partial charge in [-0.3, -0.25) is 9.52 Å². The Morgan fingerprint density at radius 1 is 1.25 bits per heavy atom. The van der Waals surface area contributed by atoms with Crippen LogP contribution in [0.3, 0.4) is 0 Å². The third kappa shape index (κ3) is 5.69. The summed E-state index contributed by atoms with van der Waals surface area (Å²) in [5.74, 6) is 0.318. The number of ether oxygens (including phenoxy) is 1. The lowest BCUT2D eigenvalue weighted by Crippen LogP contribution is -2.42. The van der Waals surface area contributed by atoms with Gasteiger partial charge < -0.3 is 30.7 Å². The normalized spacial score (nSPS) is 21.0. The highest BCUT2D eigenvalue weighted by molar-refractivity contribution is 7.97.